The minimum Gasteiger partial charge on any atom is -0.481 e. The molecule has 2 aromatic carbocycles. The molecule has 0 fully saturated rings. The molecule has 1 amide bonds. The Labute approximate surface area is 160 Å². The van der Waals surface area contributed by atoms with Crippen LogP contribution in [0.5, 0.6) is 5.75 Å². The molecule has 1 N–H and O–H groups in total. The van der Waals surface area contributed by atoms with Gasteiger partial charge in [0.25, 0.3) is 5.91 Å². The molecule has 0 heterocycles. The molecule has 0 atom stereocenters. The Morgan fingerprint density at radius 2 is 1.52 bits per heavy atom. The maximum Gasteiger partial charge on any atom is 0.344 e. The van der Waals surface area contributed by atoms with Crippen LogP contribution in [-0.4, -0.2) is 25.1 Å². The Kier molecular flexibility index (Phi) is 6.99. The van der Waals surface area contributed by atoms with Crippen LogP contribution >= 0.6 is 0 Å². The third-order valence-electron chi connectivity index (χ3n) is 4.30. The van der Waals surface area contributed by atoms with Crippen molar-refractivity contribution < 1.29 is 19.1 Å². The van der Waals surface area contributed by atoms with Crippen LogP contribution in [0, 0.1) is 20.8 Å². The molecule has 0 saturated heterocycles. The summed E-state index contributed by atoms with van der Waals surface area (Å²) in [6.45, 7) is 9.31. The van der Waals surface area contributed by atoms with Gasteiger partial charge in [-0.05, 0) is 48.9 Å². The van der Waals surface area contributed by atoms with E-state index in [1.807, 2.05) is 57.2 Å². The standard InChI is InChI=1S/C22H27NO4/c1-14(2)18-11-7-8-15(3)21(18)23-19(24)12-26-20(25)13-27-22-16(4)9-6-10-17(22)5/h6-11,14H,12-13H2,1-5H3,(H,23,24). The first kappa shape index (κ1) is 20.5. The predicted octanol–water partition coefficient (Wildman–Crippen LogP) is 4.30. The zero-order valence-electron chi connectivity index (χ0n) is 16.6. The SMILES string of the molecule is Cc1cccc(C(C)C)c1NC(=O)COC(=O)COc1c(C)cccc1C. The van der Waals surface area contributed by atoms with Gasteiger partial charge in [0.2, 0.25) is 0 Å². The quantitative estimate of drug-likeness (QED) is 0.739. The number of rotatable bonds is 7. The number of hydrogen-bond acceptors (Lipinski definition) is 4. The van der Waals surface area contributed by atoms with Gasteiger partial charge < -0.3 is 14.8 Å². The van der Waals surface area contributed by atoms with E-state index >= 15 is 0 Å². The second-order valence-electron chi connectivity index (χ2n) is 6.91. The van der Waals surface area contributed by atoms with Crippen LogP contribution < -0.4 is 10.1 Å². The highest BCUT2D eigenvalue weighted by molar-refractivity contribution is 5.94. The molecule has 0 saturated carbocycles. The monoisotopic (exact) mass is 369 g/mol. The summed E-state index contributed by atoms with van der Waals surface area (Å²) in [4.78, 5) is 24.1. The topological polar surface area (TPSA) is 64.6 Å². The largest absolute Gasteiger partial charge is 0.481 e. The lowest BCUT2D eigenvalue weighted by atomic mass is 9.98. The number of esters is 1. The number of amides is 1. The van der Waals surface area contributed by atoms with Gasteiger partial charge in [0.1, 0.15) is 5.75 Å². The van der Waals surface area contributed by atoms with Gasteiger partial charge in [-0.3, -0.25) is 4.79 Å². The summed E-state index contributed by atoms with van der Waals surface area (Å²) >= 11 is 0. The lowest BCUT2D eigenvalue weighted by Crippen LogP contribution is -2.24. The van der Waals surface area contributed by atoms with Crippen molar-refractivity contribution in [2.75, 3.05) is 18.5 Å². The van der Waals surface area contributed by atoms with E-state index in [4.69, 9.17) is 9.47 Å². The summed E-state index contributed by atoms with van der Waals surface area (Å²) in [6.07, 6.45) is 0. The van der Waals surface area contributed by atoms with Gasteiger partial charge in [0, 0.05) is 5.69 Å². The van der Waals surface area contributed by atoms with Crippen molar-refractivity contribution in [2.24, 2.45) is 0 Å². The Morgan fingerprint density at radius 1 is 0.926 bits per heavy atom. The van der Waals surface area contributed by atoms with Crippen LogP contribution in [0.4, 0.5) is 5.69 Å². The zero-order valence-corrected chi connectivity index (χ0v) is 16.6. The van der Waals surface area contributed by atoms with Gasteiger partial charge >= 0.3 is 5.97 Å². The number of carbonyl (C=O) groups is 2. The van der Waals surface area contributed by atoms with Crippen LogP contribution in [0.15, 0.2) is 36.4 Å². The number of ether oxygens (including phenoxy) is 2. The highest BCUT2D eigenvalue weighted by atomic mass is 16.6. The Bertz CT molecular complexity index is 807. The molecular weight excluding hydrogens is 342 g/mol. The molecule has 27 heavy (non-hydrogen) atoms. The number of benzene rings is 2. The average Bonchev–Trinajstić information content (AvgIpc) is 2.61. The van der Waals surface area contributed by atoms with E-state index in [1.54, 1.807) is 0 Å². The lowest BCUT2D eigenvalue weighted by Gasteiger charge is -2.16. The molecule has 0 aliphatic carbocycles. The Morgan fingerprint density at radius 3 is 2.15 bits per heavy atom. The lowest BCUT2D eigenvalue weighted by molar-refractivity contribution is -0.149. The molecule has 0 bridgehead atoms. The number of aryl methyl sites for hydroxylation is 3. The highest BCUT2D eigenvalue weighted by Gasteiger charge is 2.14. The number of para-hydroxylation sites is 2. The zero-order chi connectivity index (χ0) is 20.0. The average molecular weight is 369 g/mol. The molecule has 144 valence electrons. The van der Waals surface area contributed by atoms with Gasteiger partial charge in [0.05, 0.1) is 0 Å². The van der Waals surface area contributed by atoms with Crippen molar-refractivity contribution in [2.45, 2.75) is 40.5 Å². The molecular formula is C22H27NO4. The van der Waals surface area contributed by atoms with Crippen LogP contribution in [-0.2, 0) is 14.3 Å². The summed E-state index contributed by atoms with van der Waals surface area (Å²) in [5.74, 6) is -0.0119. The Hall–Kier alpha value is -2.82. The maximum absolute atomic E-state index is 12.2. The summed E-state index contributed by atoms with van der Waals surface area (Å²) in [5, 5.41) is 2.85. The van der Waals surface area contributed by atoms with E-state index in [2.05, 4.69) is 19.2 Å². The number of nitrogens with one attached hydrogen (secondary N) is 1. The van der Waals surface area contributed by atoms with Crippen molar-refractivity contribution in [3.05, 3.63) is 58.7 Å². The second kappa shape index (κ2) is 9.21. The van der Waals surface area contributed by atoms with Crippen LogP contribution in [0.1, 0.15) is 42.0 Å². The minimum absolute atomic E-state index is 0.236. The molecule has 0 spiro atoms. The molecule has 5 nitrogen and oxygen atoms in total. The highest BCUT2D eigenvalue weighted by Crippen LogP contribution is 2.27. The Balaban J connectivity index is 1.88. The molecule has 0 aliphatic rings. The molecule has 0 aliphatic heterocycles. The van der Waals surface area contributed by atoms with E-state index < -0.39 is 5.97 Å². The van der Waals surface area contributed by atoms with Gasteiger partial charge in [-0.1, -0.05) is 50.2 Å². The summed E-state index contributed by atoms with van der Waals surface area (Å²) in [6, 6.07) is 11.6. The van der Waals surface area contributed by atoms with Crippen molar-refractivity contribution >= 4 is 17.6 Å². The third kappa shape index (κ3) is 5.58. The number of anilines is 1. The fourth-order valence-electron chi connectivity index (χ4n) is 2.86. The van der Waals surface area contributed by atoms with Crippen LogP contribution in [0.25, 0.3) is 0 Å². The van der Waals surface area contributed by atoms with Crippen molar-refractivity contribution in [3.8, 4) is 5.75 Å². The number of hydrogen-bond donors (Lipinski definition) is 1. The smallest absolute Gasteiger partial charge is 0.344 e. The molecule has 2 rings (SSSR count). The van der Waals surface area contributed by atoms with E-state index in [0.29, 0.717) is 5.75 Å². The first-order valence-corrected chi connectivity index (χ1v) is 9.03. The summed E-state index contributed by atoms with van der Waals surface area (Å²) in [5.41, 5.74) is 4.69. The fraction of sp³-hybridized carbons (Fsp3) is 0.364. The molecule has 0 aromatic heterocycles. The first-order chi connectivity index (χ1) is 12.8. The van der Waals surface area contributed by atoms with Gasteiger partial charge in [-0.2, -0.15) is 0 Å². The third-order valence-corrected chi connectivity index (χ3v) is 4.30. The van der Waals surface area contributed by atoms with E-state index in [9.17, 15) is 9.59 Å². The molecule has 2 aromatic rings. The second-order valence-corrected chi connectivity index (χ2v) is 6.91. The summed E-state index contributed by atoms with van der Waals surface area (Å²) in [7, 11) is 0. The van der Waals surface area contributed by atoms with Crippen molar-refractivity contribution in [1.82, 2.24) is 0 Å². The van der Waals surface area contributed by atoms with E-state index in [1.165, 1.54) is 0 Å². The van der Waals surface area contributed by atoms with Crippen LogP contribution in [0.3, 0.4) is 0 Å². The molecule has 0 radical (unpaired) electrons. The minimum atomic E-state index is -0.582. The van der Waals surface area contributed by atoms with Crippen molar-refractivity contribution in [3.63, 3.8) is 0 Å². The molecule has 0 unspecified atom stereocenters. The van der Waals surface area contributed by atoms with E-state index in [-0.39, 0.29) is 25.0 Å². The first-order valence-electron chi connectivity index (χ1n) is 9.03. The van der Waals surface area contributed by atoms with Gasteiger partial charge in [-0.25, -0.2) is 4.79 Å². The molecule has 5 heteroatoms. The van der Waals surface area contributed by atoms with E-state index in [0.717, 1.165) is 27.9 Å². The van der Waals surface area contributed by atoms with Gasteiger partial charge in [-0.15, -0.1) is 0 Å². The summed E-state index contributed by atoms with van der Waals surface area (Å²) < 4.78 is 10.6. The normalized spacial score (nSPS) is 10.6. The van der Waals surface area contributed by atoms with Gasteiger partial charge in [0.15, 0.2) is 13.2 Å². The maximum atomic E-state index is 12.2. The number of carbonyl (C=O) groups excluding carboxylic acids is 2. The fourth-order valence-corrected chi connectivity index (χ4v) is 2.86. The van der Waals surface area contributed by atoms with Crippen LogP contribution in [0.2, 0.25) is 0 Å². The predicted molar refractivity (Wildman–Crippen MR) is 106 cm³/mol. The van der Waals surface area contributed by atoms with Crippen molar-refractivity contribution in [1.29, 1.82) is 0 Å².